The first-order valence-electron chi connectivity index (χ1n) is 5.75. The van der Waals surface area contributed by atoms with Crippen LogP contribution in [-0.2, 0) is 9.53 Å². The molecule has 4 nitrogen and oxygen atoms in total. The second kappa shape index (κ2) is 6.08. The van der Waals surface area contributed by atoms with Crippen molar-refractivity contribution in [3.63, 3.8) is 0 Å². The quantitative estimate of drug-likeness (QED) is 0.705. The molecule has 0 atom stereocenters. The fourth-order valence-electron chi connectivity index (χ4n) is 1.84. The maximum atomic E-state index is 11.6. The molecule has 4 heteroatoms. The van der Waals surface area contributed by atoms with Crippen molar-refractivity contribution in [3.05, 3.63) is 0 Å². The van der Waals surface area contributed by atoms with Crippen LogP contribution in [0.1, 0.15) is 26.7 Å². The number of nitrogens with zero attached hydrogens (tertiary/aromatic N) is 1. The lowest BCUT2D eigenvalue weighted by atomic mass is 9.89. The van der Waals surface area contributed by atoms with Gasteiger partial charge >= 0.3 is 0 Å². The van der Waals surface area contributed by atoms with E-state index in [1.54, 1.807) is 7.11 Å². The minimum atomic E-state index is 0.195. The summed E-state index contributed by atoms with van der Waals surface area (Å²) in [5.74, 6) is 0.195. The second-order valence-corrected chi connectivity index (χ2v) is 3.97. The number of likely N-dealkylation sites (N-methyl/N-ethyl adjacent to an activating group) is 1. The van der Waals surface area contributed by atoms with Crippen molar-refractivity contribution < 1.29 is 9.53 Å². The van der Waals surface area contributed by atoms with Crippen molar-refractivity contribution in [2.75, 3.05) is 26.7 Å². The Morgan fingerprint density at radius 3 is 2.47 bits per heavy atom. The van der Waals surface area contributed by atoms with Crippen molar-refractivity contribution in [2.45, 2.75) is 38.8 Å². The van der Waals surface area contributed by atoms with E-state index in [0.717, 1.165) is 25.9 Å². The Morgan fingerprint density at radius 1 is 1.40 bits per heavy atom. The molecule has 1 N–H and O–H groups in total. The normalized spacial score (nSPS) is 24.7. The van der Waals surface area contributed by atoms with E-state index in [9.17, 15) is 4.79 Å². The van der Waals surface area contributed by atoms with Crippen LogP contribution in [-0.4, -0.2) is 49.7 Å². The molecule has 1 amide bonds. The maximum absolute atomic E-state index is 11.6. The van der Waals surface area contributed by atoms with Crippen LogP contribution in [0, 0.1) is 0 Å². The molecule has 1 aliphatic carbocycles. The van der Waals surface area contributed by atoms with E-state index in [1.807, 2.05) is 18.7 Å². The molecule has 0 heterocycles. The van der Waals surface area contributed by atoms with Crippen LogP contribution in [0.5, 0.6) is 0 Å². The third-order valence-corrected chi connectivity index (χ3v) is 3.09. The molecular weight excluding hydrogens is 192 g/mol. The molecule has 15 heavy (non-hydrogen) atoms. The Hall–Kier alpha value is -0.610. The highest BCUT2D eigenvalue weighted by molar-refractivity contribution is 5.78. The van der Waals surface area contributed by atoms with Gasteiger partial charge < -0.3 is 15.0 Å². The van der Waals surface area contributed by atoms with E-state index in [4.69, 9.17) is 4.74 Å². The van der Waals surface area contributed by atoms with Gasteiger partial charge in [0.25, 0.3) is 0 Å². The summed E-state index contributed by atoms with van der Waals surface area (Å²) >= 11 is 0. The molecule has 0 spiro atoms. The zero-order valence-electron chi connectivity index (χ0n) is 9.95. The molecule has 0 aromatic rings. The molecule has 0 aromatic carbocycles. The Morgan fingerprint density at radius 2 is 2.00 bits per heavy atom. The molecule has 0 bridgehead atoms. The summed E-state index contributed by atoms with van der Waals surface area (Å²) in [6.07, 6.45) is 2.45. The van der Waals surface area contributed by atoms with Crippen molar-refractivity contribution in [2.24, 2.45) is 0 Å². The zero-order chi connectivity index (χ0) is 11.3. The summed E-state index contributed by atoms with van der Waals surface area (Å²) < 4.78 is 5.18. The van der Waals surface area contributed by atoms with Gasteiger partial charge in [0.15, 0.2) is 0 Å². The van der Waals surface area contributed by atoms with Crippen LogP contribution in [0.25, 0.3) is 0 Å². The molecule has 0 saturated heterocycles. The van der Waals surface area contributed by atoms with E-state index in [-0.39, 0.29) is 5.91 Å². The van der Waals surface area contributed by atoms with Crippen molar-refractivity contribution in [3.8, 4) is 0 Å². The van der Waals surface area contributed by atoms with Gasteiger partial charge in [0.2, 0.25) is 5.91 Å². The molecule has 0 aromatic heterocycles. The van der Waals surface area contributed by atoms with Gasteiger partial charge in [0.1, 0.15) is 0 Å². The predicted molar refractivity (Wildman–Crippen MR) is 59.7 cm³/mol. The summed E-state index contributed by atoms with van der Waals surface area (Å²) in [6.45, 7) is 6.06. The average Bonchev–Trinajstić information content (AvgIpc) is 2.17. The highest BCUT2D eigenvalue weighted by atomic mass is 16.5. The SMILES string of the molecule is CCN(CC)C(=O)CNC1CC(OC)C1. The summed E-state index contributed by atoms with van der Waals surface area (Å²) in [4.78, 5) is 13.5. The van der Waals surface area contributed by atoms with Crippen LogP contribution in [0.2, 0.25) is 0 Å². The summed E-state index contributed by atoms with van der Waals surface area (Å²) in [5, 5.41) is 3.26. The summed E-state index contributed by atoms with van der Waals surface area (Å²) in [7, 11) is 1.74. The molecule has 0 radical (unpaired) electrons. The number of hydrogen-bond donors (Lipinski definition) is 1. The van der Waals surface area contributed by atoms with Gasteiger partial charge in [-0.3, -0.25) is 4.79 Å². The Labute approximate surface area is 92.0 Å². The third kappa shape index (κ3) is 3.47. The van der Waals surface area contributed by atoms with Gasteiger partial charge in [0.05, 0.1) is 12.6 Å². The lowest BCUT2D eigenvalue weighted by Crippen LogP contribution is -2.49. The van der Waals surface area contributed by atoms with Crippen LogP contribution >= 0.6 is 0 Å². The first-order valence-corrected chi connectivity index (χ1v) is 5.75. The molecule has 1 saturated carbocycles. The van der Waals surface area contributed by atoms with E-state index in [0.29, 0.717) is 18.7 Å². The fourth-order valence-corrected chi connectivity index (χ4v) is 1.84. The van der Waals surface area contributed by atoms with Crippen LogP contribution < -0.4 is 5.32 Å². The predicted octanol–water partition coefficient (Wildman–Crippen LogP) is 0.622. The standard InChI is InChI=1S/C11H22N2O2/c1-4-13(5-2)11(14)8-12-9-6-10(7-9)15-3/h9-10,12H,4-8H2,1-3H3. The Balaban J connectivity index is 2.12. The summed E-state index contributed by atoms with van der Waals surface area (Å²) in [5.41, 5.74) is 0. The molecule has 1 rings (SSSR count). The number of carbonyl (C=O) groups excluding carboxylic acids is 1. The topological polar surface area (TPSA) is 41.6 Å². The molecular formula is C11H22N2O2. The van der Waals surface area contributed by atoms with Gasteiger partial charge in [-0.15, -0.1) is 0 Å². The summed E-state index contributed by atoms with van der Waals surface area (Å²) in [6, 6.07) is 0.467. The monoisotopic (exact) mass is 214 g/mol. The first kappa shape index (κ1) is 12.5. The lowest BCUT2D eigenvalue weighted by molar-refractivity contribution is -0.130. The van der Waals surface area contributed by atoms with Crippen LogP contribution in [0.4, 0.5) is 0 Å². The maximum Gasteiger partial charge on any atom is 0.236 e. The lowest BCUT2D eigenvalue weighted by Gasteiger charge is -2.35. The number of nitrogens with one attached hydrogen (secondary N) is 1. The fraction of sp³-hybridized carbons (Fsp3) is 0.909. The molecule has 0 aliphatic heterocycles. The molecule has 88 valence electrons. The highest BCUT2D eigenvalue weighted by Crippen LogP contribution is 2.22. The largest absolute Gasteiger partial charge is 0.381 e. The van der Waals surface area contributed by atoms with Crippen molar-refractivity contribution >= 4 is 5.91 Å². The zero-order valence-corrected chi connectivity index (χ0v) is 9.95. The van der Waals surface area contributed by atoms with Gasteiger partial charge in [0, 0.05) is 26.2 Å². The smallest absolute Gasteiger partial charge is 0.236 e. The average molecular weight is 214 g/mol. The molecule has 1 aliphatic rings. The molecule has 0 unspecified atom stereocenters. The van der Waals surface area contributed by atoms with Crippen LogP contribution in [0.3, 0.4) is 0 Å². The Kier molecular flexibility index (Phi) is 5.05. The number of amides is 1. The van der Waals surface area contributed by atoms with Gasteiger partial charge in [-0.2, -0.15) is 0 Å². The highest BCUT2D eigenvalue weighted by Gasteiger charge is 2.28. The first-order chi connectivity index (χ1) is 7.21. The number of ether oxygens (including phenoxy) is 1. The van der Waals surface area contributed by atoms with Crippen molar-refractivity contribution in [1.82, 2.24) is 10.2 Å². The third-order valence-electron chi connectivity index (χ3n) is 3.09. The molecule has 1 fully saturated rings. The van der Waals surface area contributed by atoms with E-state index >= 15 is 0 Å². The van der Waals surface area contributed by atoms with Gasteiger partial charge in [-0.1, -0.05) is 0 Å². The minimum absolute atomic E-state index is 0.195. The Bertz CT molecular complexity index is 199. The van der Waals surface area contributed by atoms with Gasteiger partial charge in [-0.25, -0.2) is 0 Å². The van der Waals surface area contributed by atoms with Crippen molar-refractivity contribution in [1.29, 1.82) is 0 Å². The second-order valence-electron chi connectivity index (χ2n) is 3.97. The van der Waals surface area contributed by atoms with Crippen LogP contribution in [0.15, 0.2) is 0 Å². The van der Waals surface area contributed by atoms with E-state index in [1.165, 1.54) is 0 Å². The number of methoxy groups -OCH3 is 1. The van der Waals surface area contributed by atoms with Gasteiger partial charge in [-0.05, 0) is 26.7 Å². The van der Waals surface area contributed by atoms with E-state index in [2.05, 4.69) is 5.32 Å². The number of rotatable bonds is 6. The minimum Gasteiger partial charge on any atom is -0.381 e. The number of carbonyl (C=O) groups is 1. The van der Waals surface area contributed by atoms with E-state index < -0.39 is 0 Å². The number of hydrogen-bond acceptors (Lipinski definition) is 3.